The first kappa shape index (κ1) is 16.6. The van der Waals surface area contributed by atoms with Crippen LogP contribution in [0.4, 0.5) is 0 Å². The summed E-state index contributed by atoms with van der Waals surface area (Å²) in [6.07, 6.45) is 2.02. The highest BCUT2D eigenvalue weighted by Gasteiger charge is 2.09. The van der Waals surface area contributed by atoms with Crippen molar-refractivity contribution in [2.45, 2.75) is 19.4 Å². The van der Waals surface area contributed by atoms with Crippen LogP contribution in [-0.2, 0) is 24.8 Å². The molecule has 7 heteroatoms. The quantitative estimate of drug-likeness (QED) is 0.721. The third kappa shape index (κ3) is 3.82. The Morgan fingerprint density at radius 2 is 2.00 bits per heavy atom. The van der Waals surface area contributed by atoms with Crippen molar-refractivity contribution in [2.24, 2.45) is 7.05 Å². The van der Waals surface area contributed by atoms with Crippen molar-refractivity contribution in [3.05, 3.63) is 74.6 Å². The molecule has 2 heterocycles. The smallest absolute Gasteiger partial charge is 0.270 e. The monoisotopic (exact) mass is 338 g/mol. The van der Waals surface area contributed by atoms with Gasteiger partial charge in [0.2, 0.25) is 5.91 Å². The zero-order valence-corrected chi connectivity index (χ0v) is 13.8. The molecule has 0 unspecified atom stereocenters. The molecule has 0 aliphatic rings. The van der Waals surface area contributed by atoms with Gasteiger partial charge in [0, 0.05) is 38.2 Å². The van der Waals surface area contributed by atoms with E-state index in [0.717, 1.165) is 0 Å². The van der Waals surface area contributed by atoms with Crippen LogP contribution in [0, 0.1) is 0 Å². The Hall–Kier alpha value is -3.22. The first-order valence-electron chi connectivity index (χ1n) is 7.94. The van der Waals surface area contributed by atoms with Crippen LogP contribution in [0.1, 0.15) is 17.7 Å². The number of hydrogen-bond donors (Lipinski definition) is 2. The zero-order valence-electron chi connectivity index (χ0n) is 13.8. The molecule has 3 aromatic rings. The number of aryl methyl sites for hydroxylation is 2. The number of fused-ring (bicyclic) bond motifs is 1. The zero-order chi connectivity index (χ0) is 17.8. The summed E-state index contributed by atoms with van der Waals surface area (Å²) in [5.74, 6) is -0.236. The number of nitrogens with one attached hydrogen (secondary N) is 2. The largest absolute Gasteiger partial charge is 0.352 e. The number of para-hydroxylation sites is 2. The number of hydrogen-bond acceptors (Lipinski definition) is 4. The van der Waals surface area contributed by atoms with Crippen LogP contribution < -0.4 is 16.4 Å². The van der Waals surface area contributed by atoms with Gasteiger partial charge in [-0.15, -0.1) is 0 Å². The molecule has 0 bridgehead atoms. The summed E-state index contributed by atoms with van der Waals surface area (Å²) in [7, 11) is 1.66. The molecular formula is C18H18N4O3. The minimum Gasteiger partial charge on any atom is -0.352 e. The van der Waals surface area contributed by atoms with Gasteiger partial charge < -0.3 is 14.9 Å². The predicted octanol–water partition coefficient (Wildman–Crippen LogP) is 0.871. The minimum absolute atomic E-state index is 0.127. The summed E-state index contributed by atoms with van der Waals surface area (Å²) < 4.78 is 1.46. The number of carbonyl (C=O) groups is 1. The molecular weight excluding hydrogens is 320 g/mol. The molecule has 128 valence electrons. The number of carbonyl (C=O) groups excluding carboxylic acids is 1. The molecule has 0 fully saturated rings. The van der Waals surface area contributed by atoms with Crippen molar-refractivity contribution in [2.75, 3.05) is 0 Å². The normalized spacial score (nSPS) is 10.8. The summed E-state index contributed by atoms with van der Waals surface area (Å²) in [4.78, 5) is 43.0. The van der Waals surface area contributed by atoms with E-state index in [1.165, 1.54) is 4.57 Å². The third-order valence-corrected chi connectivity index (χ3v) is 3.94. The van der Waals surface area contributed by atoms with E-state index in [-0.39, 0.29) is 36.4 Å². The molecule has 7 nitrogen and oxygen atoms in total. The Bertz CT molecular complexity index is 1040. The van der Waals surface area contributed by atoms with Crippen LogP contribution in [0.2, 0.25) is 0 Å². The Balaban J connectivity index is 1.63. The van der Waals surface area contributed by atoms with E-state index in [9.17, 15) is 14.4 Å². The average Bonchev–Trinajstić information content (AvgIpc) is 2.61. The first-order valence-corrected chi connectivity index (χ1v) is 7.94. The maximum Gasteiger partial charge on any atom is 0.270 e. The van der Waals surface area contributed by atoms with Gasteiger partial charge in [0.05, 0.1) is 11.0 Å². The fourth-order valence-electron chi connectivity index (χ4n) is 2.54. The highest BCUT2D eigenvalue weighted by Crippen LogP contribution is 2.06. The number of amides is 1. The van der Waals surface area contributed by atoms with Gasteiger partial charge in [-0.1, -0.05) is 18.2 Å². The minimum atomic E-state index is -0.288. The summed E-state index contributed by atoms with van der Waals surface area (Å²) >= 11 is 0. The van der Waals surface area contributed by atoms with Crippen molar-refractivity contribution in [3.8, 4) is 0 Å². The van der Waals surface area contributed by atoms with Gasteiger partial charge in [-0.25, -0.2) is 4.98 Å². The summed E-state index contributed by atoms with van der Waals surface area (Å²) in [6.45, 7) is 0.161. The summed E-state index contributed by atoms with van der Waals surface area (Å²) in [6, 6.07) is 10.7. The van der Waals surface area contributed by atoms with E-state index in [2.05, 4.69) is 15.3 Å². The van der Waals surface area contributed by atoms with Crippen LogP contribution in [0.15, 0.2) is 52.2 Å². The lowest BCUT2D eigenvalue weighted by Crippen LogP contribution is -2.29. The van der Waals surface area contributed by atoms with E-state index < -0.39 is 0 Å². The van der Waals surface area contributed by atoms with Crippen LogP contribution in [0.3, 0.4) is 0 Å². The Kier molecular flexibility index (Phi) is 4.74. The summed E-state index contributed by atoms with van der Waals surface area (Å²) in [5, 5.41) is 2.70. The average molecular weight is 338 g/mol. The molecule has 25 heavy (non-hydrogen) atoms. The highest BCUT2D eigenvalue weighted by molar-refractivity contribution is 5.76. The topological polar surface area (TPSA) is 96.8 Å². The molecule has 0 aliphatic carbocycles. The van der Waals surface area contributed by atoms with Crippen LogP contribution in [-0.4, -0.2) is 20.4 Å². The lowest BCUT2D eigenvalue weighted by atomic mass is 10.2. The molecule has 0 saturated carbocycles. The van der Waals surface area contributed by atoms with E-state index in [4.69, 9.17) is 0 Å². The molecule has 2 aromatic heterocycles. The highest BCUT2D eigenvalue weighted by atomic mass is 16.2. The number of pyridine rings is 1. The number of benzene rings is 1. The van der Waals surface area contributed by atoms with Crippen molar-refractivity contribution in [3.63, 3.8) is 0 Å². The number of H-pyrrole nitrogens is 1. The van der Waals surface area contributed by atoms with Crippen molar-refractivity contribution in [1.29, 1.82) is 0 Å². The van der Waals surface area contributed by atoms with E-state index in [0.29, 0.717) is 22.3 Å². The number of rotatable bonds is 5. The number of aromatic nitrogens is 3. The van der Waals surface area contributed by atoms with E-state index in [1.54, 1.807) is 37.5 Å². The molecule has 0 radical (unpaired) electrons. The molecule has 3 rings (SSSR count). The second kappa shape index (κ2) is 7.12. The van der Waals surface area contributed by atoms with Gasteiger partial charge in [0.25, 0.3) is 11.1 Å². The second-order valence-corrected chi connectivity index (χ2v) is 5.76. The maximum atomic E-state index is 12.0. The molecule has 0 saturated heterocycles. The van der Waals surface area contributed by atoms with E-state index >= 15 is 0 Å². The van der Waals surface area contributed by atoms with Crippen molar-refractivity contribution in [1.82, 2.24) is 19.9 Å². The van der Waals surface area contributed by atoms with Crippen LogP contribution in [0.5, 0.6) is 0 Å². The predicted molar refractivity (Wildman–Crippen MR) is 94.2 cm³/mol. The molecule has 2 N–H and O–H groups in total. The van der Waals surface area contributed by atoms with E-state index in [1.807, 2.05) is 12.1 Å². The Morgan fingerprint density at radius 1 is 1.20 bits per heavy atom. The molecule has 0 aliphatic heterocycles. The molecule has 1 aromatic carbocycles. The van der Waals surface area contributed by atoms with Gasteiger partial charge in [-0.2, -0.15) is 0 Å². The first-order chi connectivity index (χ1) is 12.0. The lowest BCUT2D eigenvalue weighted by Gasteiger charge is -2.06. The molecule has 0 atom stereocenters. The SMILES string of the molecule is Cn1cccc(CNC(=O)CCc2nc3ccccc3[nH]c2=O)c1=O. The maximum absolute atomic E-state index is 12.0. The standard InChI is InChI=1S/C18H18N4O3/c1-22-10-4-5-12(18(22)25)11-19-16(23)9-8-15-17(24)21-14-7-3-2-6-13(14)20-15/h2-7,10H,8-9,11H2,1H3,(H,19,23)(H,21,24). The van der Waals surface area contributed by atoms with Crippen molar-refractivity contribution < 1.29 is 4.79 Å². The van der Waals surface area contributed by atoms with Crippen LogP contribution in [0.25, 0.3) is 11.0 Å². The van der Waals surface area contributed by atoms with Gasteiger partial charge in [0.1, 0.15) is 5.69 Å². The van der Waals surface area contributed by atoms with Crippen LogP contribution >= 0.6 is 0 Å². The second-order valence-electron chi connectivity index (χ2n) is 5.76. The lowest BCUT2D eigenvalue weighted by molar-refractivity contribution is -0.121. The fourth-order valence-corrected chi connectivity index (χ4v) is 2.54. The fraction of sp³-hybridized carbons (Fsp3) is 0.222. The number of nitrogens with zero attached hydrogens (tertiary/aromatic N) is 2. The molecule has 1 amide bonds. The summed E-state index contributed by atoms with van der Waals surface area (Å²) in [5.41, 5.74) is 1.76. The van der Waals surface area contributed by atoms with Crippen molar-refractivity contribution >= 4 is 16.9 Å². The third-order valence-electron chi connectivity index (χ3n) is 3.94. The Morgan fingerprint density at radius 3 is 2.84 bits per heavy atom. The number of aromatic amines is 1. The van der Waals surface area contributed by atoms with Gasteiger partial charge in [-0.05, 0) is 18.2 Å². The van der Waals surface area contributed by atoms with Gasteiger partial charge in [0.15, 0.2) is 0 Å². The Labute approximate surface area is 143 Å². The molecule has 0 spiro atoms. The van der Waals surface area contributed by atoms with Gasteiger partial charge >= 0.3 is 0 Å². The van der Waals surface area contributed by atoms with Gasteiger partial charge in [-0.3, -0.25) is 14.4 Å².